The van der Waals surface area contributed by atoms with Gasteiger partial charge in [-0.2, -0.15) is 4.98 Å². The Morgan fingerprint density at radius 3 is 2.95 bits per heavy atom. The molecule has 0 radical (unpaired) electrons. The van der Waals surface area contributed by atoms with E-state index >= 15 is 0 Å². The summed E-state index contributed by atoms with van der Waals surface area (Å²) < 4.78 is 28.8. The summed E-state index contributed by atoms with van der Waals surface area (Å²) in [4.78, 5) is 4.49. The summed E-state index contributed by atoms with van der Waals surface area (Å²) in [6.45, 7) is 2.09. The molecule has 1 aliphatic rings. The maximum atomic E-state index is 12.0. The summed E-state index contributed by atoms with van der Waals surface area (Å²) in [7, 11) is -3.18. The monoisotopic (exact) mass is 279 g/mol. The second kappa shape index (κ2) is 4.43. The van der Waals surface area contributed by atoms with E-state index in [4.69, 9.17) is 4.52 Å². The zero-order chi connectivity index (χ0) is 13.5. The van der Waals surface area contributed by atoms with Gasteiger partial charge in [-0.25, -0.2) is 8.42 Å². The molecule has 1 unspecified atom stereocenters. The molecule has 0 saturated heterocycles. The number of benzene rings is 1. The summed E-state index contributed by atoms with van der Waals surface area (Å²) in [6.07, 6.45) is 0. The van der Waals surface area contributed by atoms with E-state index in [0.29, 0.717) is 23.2 Å². The molecule has 2 aromatic rings. The van der Waals surface area contributed by atoms with Crippen molar-refractivity contribution in [2.75, 3.05) is 5.75 Å². The van der Waals surface area contributed by atoms with Crippen molar-refractivity contribution in [1.29, 1.82) is 0 Å². The number of aromatic nitrogens is 2. The Kier molecular flexibility index (Phi) is 2.87. The van der Waals surface area contributed by atoms with E-state index in [-0.39, 0.29) is 11.8 Å². The highest BCUT2D eigenvalue weighted by molar-refractivity contribution is 7.91. The van der Waals surface area contributed by atoms with E-state index < -0.39 is 9.84 Å². The minimum Gasteiger partial charge on any atom is -0.340 e. The first-order valence-electron chi connectivity index (χ1n) is 5.90. The van der Waals surface area contributed by atoms with Crippen LogP contribution in [0.4, 0.5) is 0 Å². The van der Waals surface area contributed by atoms with Crippen LogP contribution in [0.3, 0.4) is 0 Å². The van der Waals surface area contributed by atoms with Gasteiger partial charge in [0, 0.05) is 13.0 Å². The van der Waals surface area contributed by atoms with E-state index in [1.807, 2.05) is 12.1 Å². The van der Waals surface area contributed by atoms with Gasteiger partial charge in [-0.05, 0) is 11.6 Å². The molecule has 0 saturated carbocycles. The van der Waals surface area contributed by atoms with Gasteiger partial charge in [0.05, 0.1) is 17.2 Å². The highest BCUT2D eigenvalue weighted by Gasteiger charge is 2.34. The Morgan fingerprint density at radius 2 is 2.21 bits per heavy atom. The fourth-order valence-electron chi connectivity index (χ4n) is 2.25. The third-order valence-electron chi connectivity index (χ3n) is 3.09. The zero-order valence-corrected chi connectivity index (χ0v) is 11.1. The number of aryl methyl sites for hydroxylation is 1. The number of hydrogen-bond donors (Lipinski definition) is 1. The molecule has 1 atom stereocenters. The van der Waals surface area contributed by atoms with Crippen LogP contribution in [0, 0.1) is 6.92 Å². The molecule has 0 aliphatic carbocycles. The smallest absolute Gasteiger partial charge is 0.223 e. The number of sulfone groups is 1. The van der Waals surface area contributed by atoms with Gasteiger partial charge in [-0.3, -0.25) is 0 Å². The first-order chi connectivity index (χ1) is 9.06. The van der Waals surface area contributed by atoms with Crippen molar-refractivity contribution in [2.24, 2.45) is 0 Å². The second-order valence-electron chi connectivity index (χ2n) is 4.48. The Bertz CT molecular complexity index is 709. The Morgan fingerprint density at radius 1 is 1.42 bits per heavy atom. The molecule has 1 N–H and O–H groups in total. The van der Waals surface area contributed by atoms with Gasteiger partial charge in [0.2, 0.25) is 5.89 Å². The maximum Gasteiger partial charge on any atom is 0.223 e. The highest BCUT2D eigenvalue weighted by atomic mass is 32.2. The van der Waals surface area contributed by atoms with Crippen molar-refractivity contribution < 1.29 is 12.9 Å². The average Bonchev–Trinajstić information content (AvgIpc) is 2.90. The molecule has 1 aromatic carbocycles. The molecular weight excluding hydrogens is 266 g/mol. The third-order valence-corrected chi connectivity index (χ3v) is 4.91. The fraction of sp³-hybridized carbons (Fsp3) is 0.333. The van der Waals surface area contributed by atoms with E-state index in [1.165, 1.54) is 0 Å². The topological polar surface area (TPSA) is 85.1 Å². The van der Waals surface area contributed by atoms with Crippen LogP contribution >= 0.6 is 0 Å². The van der Waals surface area contributed by atoms with Crippen LogP contribution in [-0.2, 0) is 16.4 Å². The lowest BCUT2D eigenvalue weighted by atomic mass is 10.1. The van der Waals surface area contributed by atoms with E-state index in [2.05, 4.69) is 15.5 Å². The SMILES string of the molecule is Cc1nc(CNC2CS(=O)(=O)c3ccccc32)no1. The molecule has 7 heteroatoms. The molecule has 100 valence electrons. The summed E-state index contributed by atoms with van der Waals surface area (Å²) >= 11 is 0. The van der Waals surface area contributed by atoms with Crippen molar-refractivity contribution in [3.05, 3.63) is 41.5 Å². The van der Waals surface area contributed by atoms with Gasteiger partial charge in [0.25, 0.3) is 0 Å². The van der Waals surface area contributed by atoms with Gasteiger partial charge in [0.1, 0.15) is 0 Å². The molecule has 0 spiro atoms. The van der Waals surface area contributed by atoms with Crippen molar-refractivity contribution >= 4 is 9.84 Å². The van der Waals surface area contributed by atoms with Gasteiger partial charge in [-0.15, -0.1) is 0 Å². The van der Waals surface area contributed by atoms with Gasteiger partial charge in [-0.1, -0.05) is 23.4 Å². The Balaban J connectivity index is 1.80. The second-order valence-corrected chi connectivity index (χ2v) is 6.49. The summed E-state index contributed by atoms with van der Waals surface area (Å²) in [6, 6.07) is 6.83. The van der Waals surface area contributed by atoms with E-state index in [9.17, 15) is 8.42 Å². The minimum atomic E-state index is -3.18. The predicted molar refractivity (Wildman–Crippen MR) is 67.1 cm³/mol. The number of nitrogens with one attached hydrogen (secondary N) is 1. The molecule has 0 fully saturated rings. The lowest BCUT2D eigenvalue weighted by Gasteiger charge is -2.10. The molecule has 3 rings (SSSR count). The largest absolute Gasteiger partial charge is 0.340 e. The van der Waals surface area contributed by atoms with Crippen LogP contribution in [0.1, 0.15) is 23.3 Å². The molecule has 0 amide bonds. The van der Waals surface area contributed by atoms with Crippen molar-refractivity contribution in [2.45, 2.75) is 24.4 Å². The first kappa shape index (κ1) is 12.3. The Labute approximate surface area is 110 Å². The normalized spacial score (nSPS) is 20.4. The van der Waals surface area contributed by atoms with Crippen LogP contribution in [-0.4, -0.2) is 24.3 Å². The number of fused-ring (bicyclic) bond motifs is 1. The van der Waals surface area contributed by atoms with Crippen LogP contribution in [0.2, 0.25) is 0 Å². The van der Waals surface area contributed by atoms with Gasteiger partial charge < -0.3 is 9.84 Å². The van der Waals surface area contributed by atoms with E-state index in [0.717, 1.165) is 5.56 Å². The highest BCUT2D eigenvalue weighted by Crippen LogP contribution is 2.32. The minimum absolute atomic E-state index is 0.0726. The van der Waals surface area contributed by atoms with Crippen molar-refractivity contribution in [3.63, 3.8) is 0 Å². The molecule has 1 aromatic heterocycles. The molecule has 2 heterocycles. The average molecular weight is 279 g/mol. The van der Waals surface area contributed by atoms with E-state index in [1.54, 1.807) is 19.1 Å². The summed E-state index contributed by atoms with van der Waals surface area (Å²) in [5, 5.41) is 6.93. The molecule has 0 bridgehead atoms. The molecule has 19 heavy (non-hydrogen) atoms. The number of rotatable bonds is 3. The summed E-state index contributed by atoms with van der Waals surface area (Å²) in [5.74, 6) is 1.10. The fourth-order valence-corrected chi connectivity index (χ4v) is 4.02. The van der Waals surface area contributed by atoms with Crippen LogP contribution in [0.5, 0.6) is 0 Å². The van der Waals surface area contributed by atoms with Crippen molar-refractivity contribution in [1.82, 2.24) is 15.5 Å². The maximum absolute atomic E-state index is 12.0. The lowest BCUT2D eigenvalue weighted by Crippen LogP contribution is -2.22. The zero-order valence-electron chi connectivity index (χ0n) is 10.3. The predicted octanol–water partition coefficient (Wildman–Crippen LogP) is 0.996. The van der Waals surface area contributed by atoms with Crippen LogP contribution in [0.25, 0.3) is 0 Å². The standard InChI is InChI=1S/C12H13N3O3S/c1-8-14-12(15-18-8)6-13-10-7-19(16,17)11-5-3-2-4-9(10)11/h2-5,10,13H,6-7H2,1H3. The number of hydrogen-bond acceptors (Lipinski definition) is 6. The summed E-state index contributed by atoms with van der Waals surface area (Å²) in [5.41, 5.74) is 0.808. The Hall–Kier alpha value is -1.73. The van der Waals surface area contributed by atoms with Gasteiger partial charge in [0.15, 0.2) is 15.7 Å². The molecule has 6 nitrogen and oxygen atoms in total. The van der Waals surface area contributed by atoms with Crippen LogP contribution < -0.4 is 5.32 Å². The molecular formula is C12H13N3O3S. The third kappa shape index (κ3) is 2.26. The van der Waals surface area contributed by atoms with Crippen LogP contribution in [0.15, 0.2) is 33.7 Å². The molecule has 1 aliphatic heterocycles. The first-order valence-corrected chi connectivity index (χ1v) is 7.56. The van der Waals surface area contributed by atoms with Gasteiger partial charge >= 0.3 is 0 Å². The quantitative estimate of drug-likeness (QED) is 0.902. The lowest BCUT2D eigenvalue weighted by molar-refractivity contribution is 0.384. The number of nitrogens with zero attached hydrogens (tertiary/aromatic N) is 2. The van der Waals surface area contributed by atoms with Crippen molar-refractivity contribution in [3.8, 4) is 0 Å².